The second-order valence-corrected chi connectivity index (χ2v) is 6.77. The molecule has 2 fully saturated rings. The Morgan fingerprint density at radius 1 is 1.35 bits per heavy atom. The highest BCUT2D eigenvalue weighted by Gasteiger charge is 2.37. The summed E-state index contributed by atoms with van der Waals surface area (Å²) in [6.45, 7) is 0. The van der Waals surface area contributed by atoms with Crippen molar-refractivity contribution in [2.24, 2.45) is 11.7 Å². The molecule has 0 radical (unpaired) electrons. The highest BCUT2D eigenvalue weighted by atomic mass is 16.6. The summed E-state index contributed by atoms with van der Waals surface area (Å²) in [5.41, 5.74) is 12.3. The van der Waals surface area contributed by atoms with E-state index in [2.05, 4.69) is 21.2 Å². The average Bonchev–Trinajstić information content (AvgIpc) is 3.23. The number of aromatic nitrogens is 1. The number of ether oxygens (including phenoxy) is 2. The van der Waals surface area contributed by atoms with Crippen LogP contribution >= 0.6 is 0 Å². The van der Waals surface area contributed by atoms with Crippen LogP contribution in [0.5, 0.6) is 5.88 Å². The maximum Gasteiger partial charge on any atom is 0.404 e. The first-order valence-corrected chi connectivity index (χ1v) is 8.79. The van der Waals surface area contributed by atoms with Gasteiger partial charge in [-0.3, -0.25) is 10.2 Å². The van der Waals surface area contributed by atoms with Gasteiger partial charge < -0.3 is 20.5 Å². The average molecular weight is 363 g/mol. The van der Waals surface area contributed by atoms with Gasteiger partial charge in [0.1, 0.15) is 6.10 Å². The van der Waals surface area contributed by atoms with Gasteiger partial charge in [-0.15, -0.1) is 0 Å². The first kappa shape index (κ1) is 18.4. The van der Waals surface area contributed by atoms with Crippen molar-refractivity contribution in [1.29, 1.82) is 0 Å². The number of amides is 2. The molecule has 3 rings (SSSR count). The number of hydrogen-bond donors (Lipinski definition) is 4. The summed E-state index contributed by atoms with van der Waals surface area (Å²) in [5, 5.41) is 2.98. The van der Waals surface area contributed by atoms with E-state index in [-0.39, 0.29) is 30.6 Å². The van der Waals surface area contributed by atoms with Crippen molar-refractivity contribution >= 4 is 12.0 Å². The van der Waals surface area contributed by atoms with E-state index >= 15 is 0 Å². The van der Waals surface area contributed by atoms with E-state index in [0.29, 0.717) is 11.8 Å². The molecule has 1 saturated carbocycles. The number of nitrogens with zero attached hydrogens (tertiary/aromatic N) is 1. The number of pyridine rings is 1. The first-order valence-electron chi connectivity index (χ1n) is 8.79. The summed E-state index contributed by atoms with van der Waals surface area (Å²) in [6, 6.07) is 3.77. The van der Waals surface area contributed by atoms with Crippen LogP contribution in [0.3, 0.4) is 0 Å². The molecular formula is C17H25N5O4. The van der Waals surface area contributed by atoms with Gasteiger partial charge in [-0.1, -0.05) is 0 Å². The van der Waals surface area contributed by atoms with Crippen LogP contribution in [0.25, 0.3) is 0 Å². The fourth-order valence-electron chi connectivity index (χ4n) is 3.70. The zero-order chi connectivity index (χ0) is 18.5. The third-order valence-corrected chi connectivity index (χ3v) is 4.92. The predicted octanol–water partition coefficient (Wildman–Crippen LogP) is 0.206. The third-order valence-electron chi connectivity index (χ3n) is 4.92. The van der Waals surface area contributed by atoms with Crippen LogP contribution in [0.1, 0.15) is 31.2 Å². The summed E-state index contributed by atoms with van der Waals surface area (Å²) >= 11 is 0. The second kappa shape index (κ2) is 8.33. The number of methoxy groups -OCH3 is 1. The molecule has 2 unspecified atom stereocenters. The van der Waals surface area contributed by atoms with E-state index in [1.165, 1.54) is 0 Å². The number of rotatable bonds is 6. The smallest absolute Gasteiger partial charge is 0.404 e. The van der Waals surface area contributed by atoms with E-state index in [9.17, 15) is 9.59 Å². The fourth-order valence-corrected chi connectivity index (χ4v) is 3.70. The number of carbonyl (C=O) groups excluding carboxylic acids is 2. The zero-order valence-electron chi connectivity index (χ0n) is 14.7. The van der Waals surface area contributed by atoms with Crippen LogP contribution in [-0.4, -0.2) is 42.4 Å². The van der Waals surface area contributed by atoms with Crippen molar-refractivity contribution in [3.05, 3.63) is 23.9 Å². The fraction of sp³-hybridized carbons (Fsp3) is 0.588. The van der Waals surface area contributed by atoms with Crippen molar-refractivity contribution in [1.82, 2.24) is 21.2 Å². The van der Waals surface area contributed by atoms with Crippen LogP contribution in [0.15, 0.2) is 18.3 Å². The van der Waals surface area contributed by atoms with E-state index in [4.69, 9.17) is 15.2 Å². The van der Waals surface area contributed by atoms with Crippen LogP contribution in [0.4, 0.5) is 4.79 Å². The molecule has 2 aliphatic rings. The van der Waals surface area contributed by atoms with Crippen LogP contribution in [-0.2, 0) is 16.0 Å². The molecule has 0 aromatic carbocycles. The molecule has 1 aromatic rings. The van der Waals surface area contributed by atoms with E-state index in [1.807, 2.05) is 0 Å². The Kier molecular flexibility index (Phi) is 5.89. The number of nitrogens with one attached hydrogen (secondary N) is 3. The molecule has 1 saturated heterocycles. The van der Waals surface area contributed by atoms with Crippen molar-refractivity contribution in [2.75, 3.05) is 7.11 Å². The maximum atomic E-state index is 12.3. The molecule has 9 nitrogen and oxygen atoms in total. The molecular weight excluding hydrogens is 338 g/mol. The topological polar surface area (TPSA) is 128 Å². The lowest BCUT2D eigenvalue weighted by Gasteiger charge is -2.18. The van der Waals surface area contributed by atoms with Crippen LogP contribution in [0, 0.1) is 5.92 Å². The van der Waals surface area contributed by atoms with Crippen LogP contribution < -0.4 is 26.6 Å². The second-order valence-electron chi connectivity index (χ2n) is 6.77. The normalized spacial score (nSPS) is 27.9. The highest BCUT2D eigenvalue weighted by Crippen LogP contribution is 2.32. The number of carbonyl (C=O) groups is 2. The lowest BCUT2D eigenvalue weighted by molar-refractivity contribution is -0.121. The van der Waals surface area contributed by atoms with Crippen molar-refractivity contribution in [3.8, 4) is 5.88 Å². The lowest BCUT2D eigenvalue weighted by Crippen LogP contribution is -2.45. The Hall–Kier alpha value is -2.39. The van der Waals surface area contributed by atoms with Gasteiger partial charge in [0.25, 0.3) is 0 Å². The van der Waals surface area contributed by atoms with Gasteiger partial charge in [-0.05, 0) is 43.2 Å². The first-order chi connectivity index (χ1) is 12.5. The largest absolute Gasteiger partial charge is 0.481 e. The molecule has 26 heavy (non-hydrogen) atoms. The highest BCUT2D eigenvalue weighted by molar-refractivity contribution is 5.78. The van der Waals surface area contributed by atoms with E-state index < -0.39 is 6.09 Å². The SMILES string of the molecule is COc1cc(CC(=O)NC2CC([C@@H]3CC[C@H](OC(N)=O)C3)NN2)ccn1. The molecule has 2 heterocycles. The van der Waals surface area contributed by atoms with Gasteiger partial charge in [0.05, 0.1) is 19.7 Å². The summed E-state index contributed by atoms with van der Waals surface area (Å²) < 4.78 is 10.2. The Labute approximate surface area is 152 Å². The Bertz CT molecular complexity index is 656. The minimum Gasteiger partial charge on any atom is -0.481 e. The Balaban J connectivity index is 1.44. The molecule has 1 aliphatic carbocycles. The summed E-state index contributed by atoms with van der Waals surface area (Å²) in [4.78, 5) is 27.1. The molecule has 2 amide bonds. The molecule has 4 atom stereocenters. The molecule has 9 heteroatoms. The van der Waals surface area contributed by atoms with Gasteiger partial charge in [-0.25, -0.2) is 15.2 Å². The minimum atomic E-state index is -0.717. The number of hydrogen-bond acceptors (Lipinski definition) is 7. The van der Waals surface area contributed by atoms with Gasteiger partial charge in [0.2, 0.25) is 11.8 Å². The lowest BCUT2D eigenvalue weighted by atomic mass is 9.96. The van der Waals surface area contributed by atoms with Crippen LogP contribution in [0.2, 0.25) is 0 Å². The summed E-state index contributed by atoms with van der Waals surface area (Å²) in [5.74, 6) is 0.808. The van der Waals surface area contributed by atoms with Crippen molar-refractivity contribution < 1.29 is 19.1 Å². The predicted molar refractivity (Wildman–Crippen MR) is 92.9 cm³/mol. The molecule has 5 N–H and O–H groups in total. The molecule has 0 spiro atoms. The Morgan fingerprint density at radius 3 is 2.96 bits per heavy atom. The third kappa shape index (κ3) is 4.83. The van der Waals surface area contributed by atoms with Gasteiger partial charge in [0, 0.05) is 18.3 Å². The number of hydrazine groups is 1. The van der Waals surface area contributed by atoms with Gasteiger partial charge in [-0.2, -0.15) is 0 Å². The monoisotopic (exact) mass is 363 g/mol. The molecule has 0 bridgehead atoms. The van der Waals surface area contributed by atoms with Crippen molar-refractivity contribution in [2.45, 2.75) is 50.4 Å². The number of primary amides is 1. The molecule has 1 aliphatic heterocycles. The molecule has 142 valence electrons. The van der Waals surface area contributed by atoms with E-state index in [1.54, 1.807) is 25.4 Å². The maximum absolute atomic E-state index is 12.3. The summed E-state index contributed by atoms with van der Waals surface area (Å²) in [6.07, 6.45) is 4.30. The number of nitrogens with two attached hydrogens (primary N) is 1. The van der Waals surface area contributed by atoms with Gasteiger partial charge >= 0.3 is 6.09 Å². The molecule has 1 aromatic heterocycles. The quantitative estimate of drug-likeness (QED) is 0.569. The zero-order valence-corrected chi connectivity index (χ0v) is 14.7. The Morgan fingerprint density at radius 2 is 2.19 bits per heavy atom. The van der Waals surface area contributed by atoms with Crippen molar-refractivity contribution in [3.63, 3.8) is 0 Å². The van der Waals surface area contributed by atoms with Gasteiger partial charge in [0.15, 0.2) is 0 Å². The van der Waals surface area contributed by atoms with E-state index in [0.717, 1.165) is 31.2 Å². The standard InChI is InChI=1S/C17H25N5O4/c1-25-16-7-10(4-5-19-16)6-15(23)20-14-9-13(21-22-14)11-2-3-12(8-11)26-17(18)24/h4-5,7,11-14,21-22H,2-3,6,8-9H2,1H3,(H2,18,24)(H,20,23)/t11-,12+,13?,14?/m1/s1. The minimum absolute atomic E-state index is 0.0698. The summed E-state index contributed by atoms with van der Waals surface area (Å²) in [7, 11) is 1.54.